The first-order valence-electron chi connectivity index (χ1n) is 10.3. The molecule has 6 nitrogen and oxygen atoms in total. The number of piperidine rings is 1. The number of hydrogen-bond donors (Lipinski definition) is 1. The molecule has 1 aromatic heterocycles. The lowest BCUT2D eigenvalue weighted by molar-refractivity contribution is -0.200. The summed E-state index contributed by atoms with van der Waals surface area (Å²) in [5.74, 6) is -0.174. The molecule has 4 rings (SSSR count). The zero-order valence-electron chi connectivity index (χ0n) is 17.3. The first kappa shape index (κ1) is 23.0. The Kier molecular flexibility index (Phi) is 6.00. The molecule has 2 aliphatic heterocycles. The predicted molar refractivity (Wildman–Crippen MR) is 114 cm³/mol. The van der Waals surface area contributed by atoms with E-state index in [4.69, 9.17) is 23.2 Å². The Morgan fingerprint density at radius 1 is 1.12 bits per heavy atom. The third-order valence-electron chi connectivity index (χ3n) is 6.41. The summed E-state index contributed by atoms with van der Waals surface area (Å²) in [5.41, 5.74) is 0.581. The number of halogens is 5. The van der Waals surface area contributed by atoms with Crippen LogP contribution >= 0.6 is 23.2 Å². The number of nitrogens with zero attached hydrogens (tertiary/aromatic N) is 2. The molecule has 1 spiro atoms. The van der Waals surface area contributed by atoms with Gasteiger partial charge < -0.3 is 19.5 Å². The van der Waals surface area contributed by atoms with Crippen LogP contribution in [0.25, 0.3) is 10.9 Å². The number of fused-ring (bicyclic) bond motifs is 1. The van der Waals surface area contributed by atoms with Gasteiger partial charge in [-0.25, -0.2) is 4.79 Å². The van der Waals surface area contributed by atoms with Crippen LogP contribution in [0.3, 0.4) is 0 Å². The fraction of sp³-hybridized carbons (Fsp3) is 0.524. The number of carbonyl (C=O) groups is 2. The number of rotatable bonds is 2. The van der Waals surface area contributed by atoms with Gasteiger partial charge in [-0.05, 0) is 50.8 Å². The molecule has 2 amide bonds. The van der Waals surface area contributed by atoms with Gasteiger partial charge >= 0.3 is 12.3 Å². The molecule has 0 radical (unpaired) electrons. The van der Waals surface area contributed by atoms with Gasteiger partial charge in [-0.3, -0.25) is 4.79 Å². The lowest BCUT2D eigenvalue weighted by Crippen LogP contribution is -2.55. The van der Waals surface area contributed by atoms with Crippen molar-refractivity contribution in [2.24, 2.45) is 0 Å². The fourth-order valence-corrected chi connectivity index (χ4v) is 5.16. The highest BCUT2D eigenvalue weighted by Gasteiger charge is 2.47. The van der Waals surface area contributed by atoms with Crippen molar-refractivity contribution in [3.05, 3.63) is 33.9 Å². The van der Waals surface area contributed by atoms with Crippen molar-refractivity contribution >= 4 is 46.1 Å². The lowest BCUT2D eigenvalue weighted by atomic mass is 9.85. The number of aromatic nitrogens is 1. The summed E-state index contributed by atoms with van der Waals surface area (Å²) in [6, 6.07) is 5.04. The Balaban J connectivity index is 1.47. The number of likely N-dealkylation sites (tertiary alicyclic amines) is 2. The number of amides is 2. The van der Waals surface area contributed by atoms with E-state index >= 15 is 0 Å². The molecule has 1 aromatic carbocycles. The molecule has 1 atom stereocenters. The largest absolute Gasteiger partial charge is 0.437 e. The summed E-state index contributed by atoms with van der Waals surface area (Å²) in [7, 11) is 0. The van der Waals surface area contributed by atoms with Gasteiger partial charge in [-0.2, -0.15) is 13.2 Å². The average molecular weight is 492 g/mol. The number of H-pyrrole nitrogens is 1. The maximum absolute atomic E-state index is 13.3. The molecular formula is C21H22Cl2F3N3O3. The van der Waals surface area contributed by atoms with Gasteiger partial charge in [0.25, 0.3) is 5.91 Å². The standard InChI is InChI=1S/C21H22Cl2F3N3O3/c1-12(21(24,25)26)32-19(31)28-7-4-20(5-8-28)3-2-6-29(20)18(30)16-10-13-9-14(22)11-15(23)17(13)27-16/h9-12,27H,2-8H2,1H3. The Bertz CT molecular complexity index is 1050. The number of aromatic amines is 1. The van der Waals surface area contributed by atoms with Crippen LogP contribution in [0.15, 0.2) is 18.2 Å². The van der Waals surface area contributed by atoms with E-state index in [0.717, 1.165) is 25.2 Å². The summed E-state index contributed by atoms with van der Waals surface area (Å²) < 4.78 is 42.6. The number of alkyl halides is 3. The van der Waals surface area contributed by atoms with Crippen LogP contribution in [0.5, 0.6) is 0 Å². The number of ether oxygens (including phenoxy) is 1. The summed E-state index contributed by atoms with van der Waals surface area (Å²) >= 11 is 12.3. The zero-order valence-corrected chi connectivity index (χ0v) is 18.8. The predicted octanol–water partition coefficient (Wildman–Crippen LogP) is 5.63. The number of benzene rings is 1. The van der Waals surface area contributed by atoms with E-state index in [1.807, 2.05) is 4.90 Å². The summed E-state index contributed by atoms with van der Waals surface area (Å²) in [4.78, 5) is 31.7. The van der Waals surface area contributed by atoms with Gasteiger partial charge in [-0.1, -0.05) is 23.2 Å². The van der Waals surface area contributed by atoms with Crippen molar-refractivity contribution in [2.45, 2.75) is 50.4 Å². The van der Waals surface area contributed by atoms with Gasteiger partial charge in [0.15, 0.2) is 6.10 Å². The monoisotopic (exact) mass is 491 g/mol. The molecule has 11 heteroatoms. The Morgan fingerprint density at radius 3 is 2.47 bits per heavy atom. The van der Waals surface area contributed by atoms with E-state index in [9.17, 15) is 22.8 Å². The smallest absolute Gasteiger partial charge is 0.425 e. The van der Waals surface area contributed by atoms with Gasteiger partial charge in [0.2, 0.25) is 0 Å². The second-order valence-electron chi connectivity index (χ2n) is 8.37. The number of hydrogen-bond acceptors (Lipinski definition) is 3. The molecule has 32 heavy (non-hydrogen) atoms. The van der Waals surface area contributed by atoms with E-state index < -0.39 is 23.9 Å². The highest BCUT2D eigenvalue weighted by molar-refractivity contribution is 6.38. The second-order valence-corrected chi connectivity index (χ2v) is 9.22. The quantitative estimate of drug-likeness (QED) is 0.591. The maximum Gasteiger partial charge on any atom is 0.425 e. The third-order valence-corrected chi connectivity index (χ3v) is 6.92. The van der Waals surface area contributed by atoms with E-state index in [-0.39, 0.29) is 19.0 Å². The zero-order chi connectivity index (χ0) is 23.3. The third kappa shape index (κ3) is 4.24. The van der Waals surface area contributed by atoms with E-state index in [0.29, 0.717) is 40.6 Å². The van der Waals surface area contributed by atoms with E-state index in [1.165, 1.54) is 4.90 Å². The topological polar surface area (TPSA) is 65.6 Å². The molecule has 1 N–H and O–H groups in total. The van der Waals surface area contributed by atoms with Crippen LogP contribution in [-0.4, -0.2) is 64.2 Å². The van der Waals surface area contributed by atoms with Gasteiger partial charge in [0, 0.05) is 35.6 Å². The van der Waals surface area contributed by atoms with Crippen LogP contribution in [0.2, 0.25) is 10.0 Å². The fourth-order valence-electron chi connectivity index (χ4n) is 4.60. The Morgan fingerprint density at radius 2 is 1.81 bits per heavy atom. The molecule has 0 saturated carbocycles. The minimum absolute atomic E-state index is 0.174. The molecule has 3 heterocycles. The van der Waals surface area contributed by atoms with Crippen LogP contribution in [-0.2, 0) is 4.74 Å². The molecular weight excluding hydrogens is 470 g/mol. The highest BCUT2D eigenvalue weighted by Crippen LogP contribution is 2.40. The van der Waals surface area contributed by atoms with Crippen LogP contribution in [0.4, 0.5) is 18.0 Å². The Hall–Kier alpha value is -2.13. The molecule has 2 aromatic rings. The molecule has 0 bridgehead atoms. The van der Waals surface area contributed by atoms with Crippen LogP contribution in [0.1, 0.15) is 43.1 Å². The van der Waals surface area contributed by atoms with Gasteiger partial charge in [0.05, 0.1) is 10.5 Å². The summed E-state index contributed by atoms with van der Waals surface area (Å²) in [6.07, 6.45) is -5.22. The van der Waals surface area contributed by atoms with Crippen molar-refractivity contribution in [1.82, 2.24) is 14.8 Å². The summed E-state index contributed by atoms with van der Waals surface area (Å²) in [6.45, 7) is 1.82. The highest BCUT2D eigenvalue weighted by atomic mass is 35.5. The number of nitrogens with one attached hydrogen (secondary N) is 1. The first-order valence-corrected chi connectivity index (χ1v) is 11.1. The Labute approximate surface area is 192 Å². The summed E-state index contributed by atoms with van der Waals surface area (Å²) in [5, 5.41) is 1.62. The lowest BCUT2D eigenvalue weighted by Gasteiger charge is -2.44. The van der Waals surface area contributed by atoms with Crippen molar-refractivity contribution in [3.8, 4) is 0 Å². The van der Waals surface area contributed by atoms with E-state index in [1.54, 1.807) is 18.2 Å². The normalized spacial score (nSPS) is 19.6. The first-order chi connectivity index (χ1) is 15.0. The molecule has 2 saturated heterocycles. The SMILES string of the molecule is CC(OC(=O)N1CCC2(CCCN2C(=O)c2cc3cc(Cl)cc(Cl)c3[nH]2)CC1)C(F)(F)F. The molecule has 2 aliphatic rings. The average Bonchev–Trinajstić information content (AvgIpc) is 3.32. The molecule has 0 aliphatic carbocycles. The number of carbonyl (C=O) groups excluding carboxylic acids is 2. The van der Waals surface area contributed by atoms with Crippen molar-refractivity contribution in [2.75, 3.05) is 19.6 Å². The van der Waals surface area contributed by atoms with Gasteiger partial charge in [-0.15, -0.1) is 0 Å². The van der Waals surface area contributed by atoms with E-state index in [2.05, 4.69) is 9.72 Å². The van der Waals surface area contributed by atoms with Crippen LogP contribution < -0.4 is 0 Å². The molecule has 174 valence electrons. The van der Waals surface area contributed by atoms with Crippen molar-refractivity contribution < 1.29 is 27.5 Å². The van der Waals surface area contributed by atoms with Crippen molar-refractivity contribution in [3.63, 3.8) is 0 Å². The molecule has 2 fully saturated rings. The second kappa shape index (κ2) is 8.33. The minimum Gasteiger partial charge on any atom is -0.437 e. The van der Waals surface area contributed by atoms with Gasteiger partial charge in [0.1, 0.15) is 5.69 Å². The maximum atomic E-state index is 13.3. The van der Waals surface area contributed by atoms with Crippen molar-refractivity contribution in [1.29, 1.82) is 0 Å². The van der Waals surface area contributed by atoms with Crippen LogP contribution in [0, 0.1) is 0 Å². The minimum atomic E-state index is -4.60. The molecule has 1 unspecified atom stereocenters.